The second kappa shape index (κ2) is 38.4. The largest absolute Gasteiger partial charge is 0.394 e. The number of aliphatic imine (C=N–C) groups is 1. The second-order valence-electron chi connectivity index (χ2n) is 25.6. The first kappa shape index (κ1) is 81.6. The number of rotatable bonds is 23. The van der Waals surface area contributed by atoms with Crippen LogP contribution in [0.5, 0.6) is 0 Å². The van der Waals surface area contributed by atoms with Crippen molar-refractivity contribution in [3.05, 3.63) is 18.2 Å². The first-order chi connectivity index (χ1) is 48.0. The zero-order valence-electron chi connectivity index (χ0n) is 54.5. The maximum Gasteiger partial charge on any atom is 0.226 e. The van der Waals surface area contributed by atoms with Crippen molar-refractivity contribution in [3.8, 4) is 0 Å². The first-order valence-electron chi connectivity index (χ1n) is 33.4. The zero-order valence-corrected chi connectivity index (χ0v) is 56.1. The van der Waals surface area contributed by atoms with Gasteiger partial charge in [-0.3, -0.25) is 9.79 Å². The molecule has 21 saturated heterocycles. The maximum absolute atomic E-state index is 12.7. The molecule has 35 unspecified atom stereocenters. The van der Waals surface area contributed by atoms with Crippen molar-refractivity contribution in [2.75, 3.05) is 69.1 Å². The van der Waals surface area contributed by atoms with Gasteiger partial charge in [0.15, 0.2) is 44.0 Å². The van der Waals surface area contributed by atoms with Crippen molar-refractivity contribution < 1.29 is 168 Å². The van der Waals surface area contributed by atoms with E-state index in [9.17, 15) is 102 Å². The molecule has 14 bridgehead atoms. The van der Waals surface area contributed by atoms with Gasteiger partial charge in [-0.05, 0) is 6.42 Å². The summed E-state index contributed by atoms with van der Waals surface area (Å²) in [7, 11) is 0. The summed E-state index contributed by atoms with van der Waals surface area (Å²) in [5.41, 5.74) is 6.73. The number of amidine groups is 1. The molecule has 41 heteroatoms. The molecule has 1 aromatic heterocycles. The van der Waals surface area contributed by atoms with Crippen LogP contribution in [0.1, 0.15) is 51.1 Å². The minimum Gasteiger partial charge on any atom is -0.394 e. The Kier molecular flexibility index (Phi) is 31.3. The average Bonchev–Trinajstić information content (AvgIpc) is 1.03. The van der Waals surface area contributed by atoms with Gasteiger partial charge in [-0.2, -0.15) is 23.5 Å². The molecule has 21 fully saturated rings. The zero-order chi connectivity index (χ0) is 72.2. The van der Waals surface area contributed by atoms with Gasteiger partial charge in [0, 0.05) is 54.4 Å². The third-order valence-electron chi connectivity index (χ3n) is 18.5. The summed E-state index contributed by atoms with van der Waals surface area (Å²) in [5, 5.41) is 220. The van der Waals surface area contributed by atoms with E-state index in [1.165, 1.54) is 24.3 Å². The van der Waals surface area contributed by atoms with E-state index in [0.717, 1.165) is 43.9 Å². The molecule has 576 valence electrons. The number of aliphatic hydroxyl groups excluding tert-OH is 19. The smallest absolute Gasteiger partial charge is 0.226 e. The molecular weight excluding hydrogens is 1390 g/mol. The lowest BCUT2D eigenvalue weighted by molar-refractivity contribution is -0.395. The number of aromatic amines is 1. The Morgan fingerprint density at radius 2 is 0.740 bits per heavy atom. The molecule has 0 saturated carbocycles. The molecule has 1 amide bonds. The highest BCUT2D eigenvalue weighted by Crippen LogP contribution is 2.40. The normalized spacial score (nSPS) is 45.5. The van der Waals surface area contributed by atoms with Crippen LogP contribution in [0.3, 0.4) is 0 Å². The van der Waals surface area contributed by atoms with Gasteiger partial charge in [-0.1, -0.05) is 32.6 Å². The highest BCUT2D eigenvalue weighted by molar-refractivity contribution is 7.99. The van der Waals surface area contributed by atoms with E-state index in [1.54, 1.807) is 0 Å². The Balaban J connectivity index is 0.989. The standard InChI is InChI=1S/C59H99N5O34S2/c1-2-3-4-5-6-7-30(60)62-8-10-99-19-28-51-37(76)44(83)58(90-28)95-49-26(17-68)87-55(41(80)34(49)73)94-48-25(16-67)89-57(43(82)36(48)75)98-52-29(20-100-11-9-63-31(70)12-22-13-61-21-64-22)91-59(45(84)38(52)77)96-50-27(18-69)86-54(40(79)33(50)72)92-46-23(14-65)85-53(39(78)32(46)71)93-47-24(15-66)88-56(97-51)42(81)35(47)74/h13,21,23-29,32-59,65-69,71-84H,2-12,14-20H2,1H3,(H2,60,62)(H,61,64)(H,63,70). The van der Waals surface area contributed by atoms with Gasteiger partial charge in [-0.25, -0.2) is 4.98 Å². The number of thioether (sulfide) groups is 2. The minimum absolute atomic E-state index is 0.0314. The number of unbranched alkanes of at least 4 members (excludes halogenated alkanes) is 4. The third-order valence-corrected chi connectivity index (χ3v) is 20.6. The Hall–Kier alpha value is -2.47. The number of nitrogens with two attached hydrogens (primary N) is 1. The Morgan fingerprint density at radius 1 is 0.440 bits per heavy atom. The average molecular weight is 1490 g/mol. The number of ether oxygens (including phenoxy) is 14. The van der Waals surface area contributed by atoms with E-state index >= 15 is 0 Å². The highest BCUT2D eigenvalue weighted by Gasteiger charge is 2.60. The van der Waals surface area contributed by atoms with Crippen LogP contribution in [0, 0.1) is 0 Å². The molecule has 22 rings (SSSR count). The number of hydrogen-bond donors (Lipinski definition) is 22. The van der Waals surface area contributed by atoms with Gasteiger partial charge in [0.2, 0.25) is 5.91 Å². The van der Waals surface area contributed by atoms with Crippen LogP contribution in [-0.4, -0.2) is 403 Å². The molecule has 100 heavy (non-hydrogen) atoms. The summed E-state index contributed by atoms with van der Waals surface area (Å²) in [5.74, 6) is 0.176. The fourth-order valence-corrected chi connectivity index (χ4v) is 14.7. The second-order valence-corrected chi connectivity index (χ2v) is 27.9. The fourth-order valence-electron chi connectivity index (χ4n) is 12.9. The summed E-state index contributed by atoms with van der Waals surface area (Å²) in [4.78, 5) is 23.8. The number of nitrogens with zero attached hydrogens (tertiary/aromatic N) is 2. The number of imidazole rings is 1. The molecule has 1 aromatic rings. The molecule has 35 atom stereocenters. The molecule has 0 spiro atoms. The van der Waals surface area contributed by atoms with E-state index in [-0.39, 0.29) is 48.4 Å². The number of carbonyl (C=O) groups excluding carboxylic acids is 1. The molecule has 23 N–H and O–H groups in total. The van der Waals surface area contributed by atoms with Gasteiger partial charge < -0.3 is 179 Å². The van der Waals surface area contributed by atoms with Crippen LogP contribution in [-0.2, 0) is 77.5 Å². The lowest BCUT2D eigenvalue weighted by Crippen LogP contribution is -2.68. The molecule has 22 heterocycles. The molecule has 0 aromatic carbocycles. The Labute approximate surface area is 581 Å². The predicted molar refractivity (Wildman–Crippen MR) is 334 cm³/mol. The van der Waals surface area contributed by atoms with Crippen molar-refractivity contribution in [2.45, 2.75) is 267 Å². The maximum atomic E-state index is 12.7. The fraction of sp³-hybridized carbons (Fsp3) is 0.915. The number of nitrogens with one attached hydrogen (secondary N) is 2. The van der Waals surface area contributed by atoms with E-state index in [1.807, 2.05) is 0 Å². The predicted octanol–water partition coefficient (Wildman–Crippen LogP) is -10.9. The monoisotopic (exact) mass is 1490 g/mol. The lowest BCUT2D eigenvalue weighted by Gasteiger charge is -2.50. The third kappa shape index (κ3) is 19.4. The topological polar surface area (TPSA) is 610 Å². The summed E-state index contributed by atoms with van der Waals surface area (Å²) in [6, 6.07) is 0. The Morgan fingerprint density at radius 3 is 1.04 bits per heavy atom. The van der Waals surface area contributed by atoms with Gasteiger partial charge in [-0.15, -0.1) is 0 Å². The number of aromatic nitrogens is 2. The van der Waals surface area contributed by atoms with E-state index in [2.05, 4.69) is 27.2 Å². The molecule has 0 radical (unpaired) electrons. The number of carbonyl (C=O) groups is 1. The molecule has 21 aliphatic heterocycles. The van der Waals surface area contributed by atoms with Crippen molar-refractivity contribution in [2.24, 2.45) is 10.7 Å². The molecular formula is C59H99N5O34S2. The van der Waals surface area contributed by atoms with Crippen LogP contribution < -0.4 is 11.1 Å². The first-order valence-corrected chi connectivity index (χ1v) is 35.7. The van der Waals surface area contributed by atoms with Crippen LogP contribution >= 0.6 is 23.5 Å². The number of amides is 1. The quantitative estimate of drug-likeness (QED) is 0.0275. The van der Waals surface area contributed by atoms with Crippen LogP contribution in [0.4, 0.5) is 0 Å². The van der Waals surface area contributed by atoms with E-state index in [0.29, 0.717) is 18.0 Å². The van der Waals surface area contributed by atoms with Gasteiger partial charge in [0.25, 0.3) is 0 Å². The van der Waals surface area contributed by atoms with E-state index < -0.39 is 248 Å². The summed E-state index contributed by atoms with van der Waals surface area (Å²) >= 11 is 2.29. The number of aliphatic hydroxyl groups is 19. The summed E-state index contributed by atoms with van der Waals surface area (Å²) in [6.07, 6.45) is -60.5. The van der Waals surface area contributed by atoms with Crippen LogP contribution in [0.2, 0.25) is 0 Å². The molecule has 0 aliphatic carbocycles. The Bertz CT molecular complexity index is 2610. The van der Waals surface area contributed by atoms with Gasteiger partial charge >= 0.3 is 0 Å². The van der Waals surface area contributed by atoms with Gasteiger partial charge in [0.05, 0.1) is 63.8 Å². The van der Waals surface area contributed by atoms with E-state index in [4.69, 9.17) is 72.0 Å². The lowest BCUT2D eigenvalue weighted by atomic mass is 9.95. The number of hydrogen-bond acceptors (Lipinski definition) is 38. The van der Waals surface area contributed by atoms with Crippen LogP contribution in [0.15, 0.2) is 17.5 Å². The molecule has 21 aliphatic rings. The van der Waals surface area contributed by atoms with Crippen molar-refractivity contribution in [3.63, 3.8) is 0 Å². The summed E-state index contributed by atoms with van der Waals surface area (Å²) < 4.78 is 83.6. The van der Waals surface area contributed by atoms with Crippen molar-refractivity contribution in [1.82, 2.24) is 15.3 Å². The van der Waals surface area contributed by atoms with Crippen LogP contribution in [0.25, 0.3) is 0 Å². The van der Waals surface area contributed by atoms with Crippen molar-refractivity contribution in [1.29, 1.82) is 0 Å². The summed E-state index contributed by atoms with van der Waals surface area (Å²) in [6.45, 7) is -2.79. The minimum atomic E-state index is -2.21. The highest BCUT2D eigenvalue weighted by atomic mass is 32.2. The van der Waals surface area contributed by atoms with Gasteiger partial charge in [0.1, 0.15) is 159 Å². The number of H-pyrrole nitrogens is 1. The SMILES string of the molecule is CCCCCCCC(N)=NCCSCC1OC2OC3C(CO)OC(OC4C(CO)OC(OC5C(CSCCNC(=O)Cc6cnc[nH]6)OC(OC6C(CO)OC(OC7C(CO)OC(OC8C(CO)OC(OC1C(O)C2O)C(O)C8O)C(O)C7O)C(O)C6O)C(O)C5O)C(O)C4O)C(O)C3O. The van der Waals surface area contributed by atoms with Crippen molar-refractivity contribution >= 4 is 35.3 Å². The molecule has 39 nitrogen and oxygen atoms in total.